The molecule has 0 amide bonds. The molecule has 0 atom stereocenters. The monoisotopic (exact) mass is 511 g/mol. The standard InChI is InChI=1S/C23H15Cl2F4N3O2/c1-32-22(30-21(31-32)20-17(24)3-2-4-19(20)26)13-5-6-14(18(25)11-13)12-33-15-7-9-16(10-8-15)34-23(27,28)29/h2-11H,12H2,1H3. The highest BCUT2D eigenvalue weighted by molar-refractivity contribution is 6.33. The van der Waals surface area contributed by atoms with Gasteiger partial charge in [-0.05, 0) is 42.5 Å². The molecular formula is C23H15Cl2F4N3O2. The normalized spacial score (nSPS) is 11.5. The first-order chi connectivity index (χ1) is 16.1. The predicted molar refractivity (Wildman–Crippen MR) is 119 cm³/mol. The van der Waals surface area contributed by atoms with Crippen molar-refractivity contribution in [1.29, 1.82) is 0 Å². The Morgan fingerprint density at radius 1 is 0.941 bits per heavy atom. The largest absolute Gasteiger partial charge is 0.573 e. The van der Waals surface area contributed by atoms with Crippen LogP contribution in [-0.4, -0.2) is 21.1 Å². The van der Waals surface area contributed by atoms with Gasteiger partial charge in [0, 0.05) is 23.2 Å². The fourth-order valence-corrected chi connectivity index (χ4v) is 3.64. The lowest BCUT2D eigenvalue weighted by molar-refractivity contribution is -0.274. The van der Waals surface area contributed by atoms with Gasteiger partial charge >= 0.3 is 6.36 Å². The molecule has 3 aromatic carbocycles. The zero-order chi connectivity index (χ0) is 24.5. The van der Waals surface area contributed by atoms with E-state index >= 15 is 0 Å². The summed E-state index contributed by atoms with van der Waals surface area (Å²) in [7, 11) is 1.66. The quantitative estimate of drug-likeness (QED) is 0.259. The third kappa shape index (κ3) is 5.43. The van der Waals surface area contributed by atoms with Gasteiger partial charge in [0.2, 0.25) is 0 Å². The summed E-state index contributed by atoms with van der Waals surface area (Å²) in [6.45, 7) is 0.0769. The summed E-state index contributed by atoms with van der Waals surface area (Å²) >= 11 is 12.5. The van der Waals surface area contributed by atoms with Crippen LogP contribution in [0.5, 0.6) is 11.5 Å². The van der Waals surface area contributed by atoms with Crippen molar-refractivity contribution in [3.63, 3.8) is 0 Å². The van der Waals surface area contributed by atoms with E-state index in [1.165, 1.54) is 28.9 Å². The number of aromatic nitrogens is 3. The zero-order valence-corrected chi connectivity index (χ0v) is 18.9. The van der Waals surface area contributed by atoms with Crippen molar-refractivity contribution in [2.24, 2.45) is 7.05 Å². The van der Waals surface area contributed by atoms with Gasteiger partial charge in [-0.15, -0.1) is 13.2 Å². The molecule has 0 aliphatic heterocycles. The van der Waals surface area contributed by atoms with Gasteiger partial charge in [0.05, 0.1) is 10.6 Å². The number of nitrogens with zero attached hydrogens (tertiary/aromatic N) is 3. The molecular weight excluding hydrogens is 497 g/mol. The molecule has 0 radical (unpaired) electrons. The van der Waals surface area contributed by atoms with Crippen molar-refractivity contribution < 1.29 is 27.0 Å². The van der Waals surface area contributed by atoms with Gasteiger partial charge in [-0.2, -0.15) is 5.10 Å². The highest BCUT2D eigenvalue weighted by atomic mass is 35.5. The van der Waals surface area contributed by atoms with Crippen LogP contribution in [0.4, 0.5) is 17.6 Å². The van der Waals surface area contributed by atoms with Gasteiger partial charge in [-0.1, -0.05) is 41.4 Å². The second-order valence-corrected chi connectivity index (χ2v) is 7.91. The van der Waals surface area contributed by atoms with Gasteiger partial charge in [-0.3, -0.25) is 0 Å². The molecule has 176 valence electrons. The third-order valence-electron chi connectivity index (χ3n) is 4.71. The number of aryl methyl sites for hydroxylation is 1. The van der Waals surface area contributed by atoms with Gasteiger partial charge in [0.1, 0.15) is 23.9 Å². The molecule has 4 aromatic rings. The molecule has 0 fully saturated rings. The summed E-state index contributed by atoms with van der Waals surface area (Å²) in [6.07, 6.45) is -4.76. The Labute approximate surface area is 201 Å². The zero-order valence-electron chi connectivity index (χ0n) is 17.4. The van der Waals surface area contributed by atoms with Gasteiger partial charge in [0.25, 0.3) is 0 Å². The minimum absolute atomic E-state index is 0.0769. The molecule has 34 heavy (non-hydrogen) atoms. The van der Waals surface area contributed by atoms with Crippen LogP contribution < -0.4 is 9.47 Å². The molecule has 11 heteroatoms. The summed E-state index contributed by atoms with van der Waals surface area (Å²) < 4.78 is 61.9. The number of hydrogen-bond donors (Lipinski definition) is 0. The van der Waals surface area contributed by atoms with Crippen LogP contribution in [0.15, 0.2) is 60.7 Å². The average molecular weight is 512 g/mol. The van der Waals surface area contributed by atoms with E-state index in [2.05, 4.69) is 14.8 Å². The molecule has 4 rings (SSSR count). The van der Waals surface area contributed by atoms with Crippen molar-refractivity contribution in [2.45, 2.75) is 13.0 Å². The second kappa shape index (κ2) is 9.52. The SMILES string of the molecule is Cn1nc(-c2c(F)cccc2Cl)nc1-c1ccc(COc2ccc(OC(F)(F)F)cc2)c(Cl)c1. The Bertz CT molecular complexity index is 1300. The molecule has 0 N–H and O–H groups in total. The summed E-state index contributed by atoms with van der Waals surface area (Å²) in [5, 5.41) is 4.84. The van der Waals surface area contributed by atoms with Gasteiger partial charge in [-0.25, -0.2) is 14.1 Å². The molecule has 5 nitrogen and oxygen atoms in total. The number of ether oxygens (including phenoxy) is 2. The minimum atomic E-state index is -4.76. The minimum Gasteiger partial charge on any atom is -0.489 e. The van der Waals surface area contributed by atoms with Crippen molar-refractivity contribution in [2.75, 3.05) is 0 Å². The van der Waals surface area contributed by atoms with Crippen LogP contribution in [0.2, 0.25) is 10.0 Å². The van der Waals surface area contributed by atoms with Crippen LogP contribution in [-0.2, 0) is 13.7 Å². The summed E-state index contributed by atoms with van der Waals surface area (Å²) in [5.74, 6) is 0.0514. The second-order valence-electron chi connectivity index (χ2n) is 7.09. The summed E-state index contributed by atoms with van der Waals surface area (Å²) in [4.78, 5) is 4.42. The van der Waals surface area contributed by atoms with Crippen molar-refractivity contribution in [3.05, 3.63) is 82.1 Å². The maximum atomic E-state index is 14.3. The molecule has 1 aromatic heterocycles. The first-order valence-electron chi connectivity index (χ1n) is 9.73. The molecule has 0 saturated carbocycles. The molecule has 0 aliphatic carbocycles. The predicted octanol–water partition coefficient (Wildman–Crippen LogP) is 7.07. The van der Waals surface area contributed by atoms with E-state index in [0.717, 1.165) is 12.1 Å². The molecule has 0 unspecified atom stereocenters. The highest BCUT2D eigenvalue weighted by Crippen LogP contribution is 2.31. The van der Waals surface area contributed by atoms with Crippen LogP contribution >= 0.6 is 23.2 Å². The molecule has 0 spiro atoms. The lowest BCUT2D eigenvalue weighted by Gasteiger charge is -2.11. The van der Waals surface area contributed by atoms with E-state index in [9.17, 15) is 17.6 Å². The van der Waals surface area contributed by atoms with Crippen molar-refractivity contribution in [3.8, 4) is 34.3 Å². The molecule has 0 saturated heterocycles. The Morgan fingerprint density at radius 3 is 2.29 bits per heavy atom. The average Bonchev–Trinajstić information content (AvgIpc) is 3.14. The van der Waals surface area contributed by atoms with Crippen LogP contribution in [0, 0.1) is 5.82 Å². The van der Waals surface area contributed by atoms with E-state index in [-0.39, 0.29) is 28.8 Å². The van der Waals surface area contributed by atoms with Crippen molar-refractivity contribution in [1.82, 2.24) is 14.8 Å². The van der Waals surface area contributed by atoms with E-state index in [1.807, 2.05) is 0 Å². The fourth-order valence-electron chi connectivity index (χ4n) is 3.16. The lowest BCUT2D eigenvalue weighted by atomic mass is 10.1. The number of benzene rings is 3. The first kappa shape index (κ1) is 23.8. The van der Waals surface area contributed by atoms with E-state index < -0.39 is 12.2 Å². The highest BCUT2D eigenvalue weighted by Gasteiger charge is 2.31. The number of hydrogen-bond acceptors (Lipinski definition) is 4. The van der Waals surface area contributed by atoms with Gasteiger partial charge in [0.15, 0.2) is 11.6 Å². The maximum Gasteiger partial charge on any atom is 0.573 e. The van der Waals surface area contributed by atoms with Crippen LogP contribution in [0.3, 0.4) is 0 Å². The number of alkyl halides is 3. The van der Waals surface area contributed by atoms with E-state index in [4.69, 9.17) is 27.9 Å². The lowest BCUT2D eigenvalue weighted by Crippen LogP contribution is -2.16. The van der Waals surface area contributed by atoms with E-state index in [0.29, 0.717) is 27.7 Å². The number of rotatable bonds is 6. The Balaban J connectivity index is 1.49. The Kier molecular flexibility index (Phi) is 6.67. The fraction of sp³-hybridized carbons (Fsp3) is 0.130. The molecule has 0 aliphatic rings. The molecule has 0 bridgehead atoms. The topological polar surface area (TPSA) is 49.2 Å². The molecule has 1 heterocycles. The maximum absolute atomic E-state index is 14.3. The summed E-state index contributed by atoms with van der Waals surface area (Å²) in [5.41, 5.74) is 1.38. The number of halogens is 6. The van der Waals surface area contributed by atoms with Crippen LogP contribution in [0.1, 0.15) is 5.56 Å². The van der Waals surface area contributed by atoms with Crippen molar-refractivity contribution >= 4 is 23.2 Å². The summed E-state index contributed by atoms with van der Waals surface area (Å²) in [6, 6.07) is 14.5. The van der Waals surface area contributed by atoms with Crippen LogP contribution in [0.25, 0.3) is 22.8 Å². The van der Waals surface area contributed by atoms with Gasteiger partial charge < -0.3 is 9.47 Å². The smallest absolute Gasteiger partial charge is 0.489 e. The first-order valence-corrected chi connectivity index (χ1v) is 10.5. The Hall–Kier alpha value is -3.30. The van der Waals surface area contributed by atoms with E-state index in [1.54, 1.807) is 31.3 Å². The third-order valence-corrected chi connectivity index (χ3v) is 5.38. The Morgan fingerprint density at radius 2 is 1.65 bits per heavy atom.